The third-order valence-electron chi connectivity index (χ3n) is 8.84. The highest BCUT2D eigenvalue weighted by Crippen LogP contribution is 2.36. The van der Waals surface area contributed by atoms with Crippen LogP contribution in [0.1, 0.15) is 57.3 Å². The quantitative estimate of drug-likeness (QED) is 0.109. The molecule has 2 N–H and O–H groups in total. The summed E-state index contributed by atoms with van der Waals surface area (Å²) in [6.45, 7) is 9.11. The molecular weight excluding hydrogens is 611 g/mol. The van der Waals surface area contributed by atoms with Crippen LogP contribution >= 0.6 is 11.8 Å². The van der Waals surface area contributed by atoms with Crippen LogP contribution in [0.5, 0.6) is 5.75 Å². The summed E-state index contributed by atoms with van der Waals surface area (Å²) in [4.78, 5) is 30.1. The Morgan fingerprint density at radius 1 is 1.02 bits per heavy atom. The van der Waals surface area contributed by atoms with E-state index in [1.165, 1.54) is 11.8 Å². The molecule has 0 aliphatic heterocycles. The molecule has 0 radical (unpaired) electrons. The molecule has 1 aliphatic carbocycles. The van der Waals surface area contributed by atoms with E-state index < -0.39 is 5.97 Å². The molecule has 10 heteroatoms. The lowest BCUT2D eigenvalue weighted by atomic mass is 9.75. The Labute approximate surface area is 279 Å². The molecule has 1 amide bonds. The summed E-state index contributed by atoms with van der Waals surface area (Å²) in [5, 5.41) is 13.6. The van der Waals surface area contributed by atoms with Crippen molar-refractivity contribution in [1.29, 1.82) is 0 Å². The van der Waals surface area contributed by atoms with Crippen LogP contribution in [0.3, 0.4) is 0 Å². The van der Waals surface area contributed by atoms with Crippen LogP contribution in [0.4, 0.5) is 5.69 Å². The molecule has 0 spiro atoms. The minimum atomic E-state index is -0.406. The number of carbonyl (C=O) groups excluding carboxylic acids is 2. The normalized spacial score (nSPS) is 17.9. The number of hydrogen-bond acceptors (Lipinski definition) is 7. The molecule has 2 heterocycles. The number of carbonyl (C=O) groups is 2. The number of aromatic amines is 1. The number of H-pyrrole nitrogens is 1. The first-order valence-corrected chi connectivity index (χ1v) is 17.3. The zero-order valence-corrected chi connectivity index (χ0v) is 28.0. The zero-order chi connectivity index (χ0) is 32.9. The van der Waals surface area contributed by atoms with Gasteiger partial charge in [-0.1, -0.05) is 69.3 Å². The van der Waals surface area contributed by atoms with Gasteiger partial charge in [-0.05, 0) is 80.0 Å². The van der Waals surface area contributed by atoms with Crippen LogP contribution in [0.2, 0.25) is 0 Å². The van der Waals surface area contributed by atoms with Crippen molar-refractivity contribution >= 4 is 40.2 Å². The molecule has 1 fully saturated rings. The summed E-state index contributed by atoms with van der Waals surface area (Å²) in [5.74, 6) is 2.07. The smallest absolute Gasteiger partial charge is 0.340 e. The van der Waals surface area contributed by atoms with Crippen molar-refractivity contribution in [3.8, 4) is 22.8 Å². The van der Waals surface area contributed by atoms with E-state index in [0.717, 1.165) is 47.2 Å². The number of nitrogens with zero attached hydrogens (tertiary/aromatic N) is 3. The van der Waals surface area contributed by atoms with Gasteiger partial charge in [-0.25, -0.2) is 4.79 Å². The molecule has 47 heavy (non-hydrogen) atoms. The second-order valence-corrected chi connectivity index (χ2v) is 13.4. The maximum Gasteiger partial charge on any atom is 0.340 e. The van der Waals surface area contributed by atoms with Gasteiger partial charge >= 0.3 is 5.97 Å². The summed E-state index contributed by atoms with van der Waals surface area (Å²) >= 11 is 1.27. The molecule has 0 unspecified atom stereocenters. The molecule has 2 aromatic heterocycles. The van der Waals surface area contributed by atoms with Crippen LogP contribution in [0, 0.1) is 17.8 Å². The topological polar surface area (TPSA) is 111 Å². The SMILES string of the molecule is CCOc1ccc(-n2c(SCC(=O)Nc3ccccc3C(=O)O[C@@H]3C[C@@H](C)CC[C@H]3C(C)C)nnc2-c2c[nH]c3ccccc23)cc1. The molecule has 3 atom stereocenters. The zero-order valence-electron chi connectivity index (χ0n) is 27.2. The Kier molecular flexibility index (Phi) is 9.96. The first kappa shape index (κ1) is 32.4. The summed E-state index contributed by atoms with van der Waals surface area (Å²) < 4.78 is 13.7. The van der Waals surface area contributed by atoms with Gasteiger partial charge in [-0.3, -0.25) is 9.36 Å². The van der Waals surface area contributed by atoms with Gasteiger partial charge in [0.15, 0.2) is 11.0 Å². The average molecular weight is 652 g/mol. The van der Waals surface area contributed by atoms with Gasteiger partial charge in [-0.15, -0.1) is 10.2 Å². The van der Waals surface area contributed by atoms with Crippen LogP contribution in [-0.2, 0) is 9.53 Å². The molecule has 0 saturated heterocycles. The van der Waals surface area contributed by atoms with Gasteiger partial charge in [0.25, 0.3) is 0 Å². The maximum atomic E-state index is 13.4. The highest BCUT2D eigenvalue weighted by atomic mass is 32.2. The van der Waals surface area contributed by atoms with Crippen LogP contribution < -0.4 is 10.1 Å². The number of ether oxygens (including phenoxy) is 2. The highest BCUT2D eigenvalue weighted by Gasteiger charge is 2.34. The van der Waals surface area contributed by atoms with E-state index in [2.05, 4.69) is 41.3 Å². The molecule has 6 rings (SSSR count). The van der Waals surface area contributed by atoms with Crippen LogP contribution in [-0.4, -0.2) is 50.1 Å². The van der Waals surface area contributed by atoms with Crippen molar-refractivity contribution in [2.45, 2.75) is 58.2 Å². The molecular formula is C37H41N5O4S. The van der Waals surface area contributed by atoms with Gasteiger partial charge in [0.1, 0.15) is 11.9 Å². The van der Waals surface area contributed by atoms with E-state index in [0.29, 0.717) is 46.6 Å². The molecule has 0 bridgehead atoms. The van der Waals surface area contributed by atoms with Crippen LogP contribution in [0.25, 0.3) is 28.0 Å². The number of nitrogens with one attached hydrogen (secondary N) is 2. The van der Waals surface area contributed by atoms with Gasteiger partial charge in [0.05, 0.1) is 23.6 Å². The number of esters is 1. The van der Waals surface area contributed by atoms with E-state index in [1.807, 2.05) is 66.2 Å². The number of aromatic nitrogens is 4. The van der Waals surface area contributed by atoms with Crippen molar-refractivity contribution in [2.24, 2.45) is 17.8 Å². The number of hydrogen-bond donors (Lipinski definition) is 2. The number of amides is 1. The number of benzene rings is 3. The Balaban J connectivity index is 1.21. The third kappa shape index (κ3) is 7.22. The molecule has 5 aromatic rings. The standard InChI is InChI=1S/C37H41N5O4S/c1-5-45-26-17-15-25(16-18-26)42-35(30-21-38-31-12-8-6-10-28(30)31)40-41-37(42)47-22-34(43)39-32-13-9-7-11-29(32)36(44)46-33-20-24(4)14-19-27(33)23(2)3/h6-13,15-18,21,23-24,27,33,38H,5,14,19-20,22H2,1-4H3,(H,39,43)/t24-,27-,33+/m0/s1. The molecule has 1 aliphatic rings. The first-order chi connectivity index (χ1) is 22.8. The van der Waals surface area contributed by atoms with Crippen molar-refractivity contribution < 1.29 is 19.1 Å². The van der Waals surface area contributed by atoms with Gasteiger partial charge in [-0.2, -0.15) is 0 Å². The van der Waals surface area contributed by atoms with E-state index in [1.54, 1.807) is 24.3 Å². The summed E-state index contributed by atoms with van der Waals surface area (Å²) in [5.41, 5.74) is 3.52. The minimum Gasteiger partial charge on any atom is -0.494 e. The molecule has 9 nitrogen and oxygen atoms in total. The lowest BCUT2D eigenvalue weighted by Crippen LogP contribution is -2.36. The van der Waals surface area contributed by atoms with E-state index >= 15 is 0 Å². The van der Waals surface area contributed by atoms with Crippen molar-refractivity contribution in [2.75, 3.05) is 17.7 Å². The minimum absolute atomic E-state index is 0.0575. The number of anilines is 1. The van der Waals surface area contributed by atoms with Gasteiger partial charge in [0, 0.05) is 28.4 Å². The molecule has 244 valence electrons. The Morgan fingerprint density at radius 3 is 2.57 bits per heavy atom. The first-order valence-electron chi connectivity index (χ1n) is 16.3. The molecule has 1 saturated carbocycles. The fourth-order valence-electron chi connectivity index (χ4n) is 6.42. The van der Waals surface area contributed by atoms with Crippen molar-refractivity contribution in [3.63, 3.8) is 0 Å². The number of rotatable bonds is 11. The second kappa shape index (κ2) is 14.5. The van der Waals surface area contributed by atoms with E-state index in [-0.39, 0.29) is 17.8 Å². The Bertz CT molecular complexity index is 1850. The van der Waals surface area contributed by atoms with Crippen molar-refractivity contribution in [3.05, 3.63) is 84.6 Å². The molecule has 3 aromatic carbocycles. The van der Waals surface area contributed by atoms with E-state index in [4.69, 9.17) is 9.47 Å². The van der Waals surface area contributed by atoms with Gasteiger partial charge in [0.2, 0.25) is 5.91 Å². The summed E-state index contributed by atoms with van der Waals surface area (Å²) in [6.07, 6.45) is 4.85. The Hall–Kier alpha value is -4.57. The highest BCUT2D eigenvalue weighted by molar-refractivity contribution is 7.99. The lowest BCUT2D eigenvalue weighted by molar-refractivity contribution is -0.113. The summed E-state index contributed by atoms with van der Waals surface area (Å²) in [7, 11) is 0. The monoisotopic (exact) mass is 651 g/mol. The Morgan fingerprint density at radius 2 is 1.79 bits per heavy atom. The van der Waals surface area contributed by atoms with E-state index in [9.17, 15) is 9.59 Å². The number of para-hydroxylation sites is 2. The fraction of sp³-hybridized carbons (Fsp3) is 0.351. The fourth-order valence-corrected chi connectivity index (χ4v) is 7.17. The average Bonchev–Trinajstić information content (AvgIpc) is 3.68. The van der Waals surface area contributed by atoms with Crippen LogP contribution in [0.15, 0.2) is 84.1 Å². The number of fused-ring (bicyclic) bond motifs is 1. The second-order valence-electron chi connectivity index (χ2n) is 12.5. The predicted molar refractivity (Wildman–Crippen MR) is 186 cm³/mol. The van der Waals surface area contributed by atoms with Crippen molar-refractivity contribution in [1.82, 2.24) is 19.7 Å². The third-order valence-corrected chi connectivity index (χ3v) is 9.77. The number of thioether (sulfide) groups is 1. The lowest BCUT2D eigenvalue weighted by Gasteiger charge is -2.36. The summed E-state index contributed by atoms with van der Waals surface area (Å²) in [6, 6.07) is 22.8. The maximum absolute atomic E-state index is 13.4. The van der Waals surface area contributed by atoms with Gasteiger partial charge < -0.3 is 19.8 Å². The predicted octanol–water partition coefficient (Wildman–Crippen LogP) is 8.16. The largest absolute Gasteiger partial charge is 0.494 e.